The highest BCUT2D eigenvalue weighted by Gasteiger charge is 2.46. The summed E-state index contributed by atoms with van der Waals surface area (Å²) in [4.78, 5) is 11.7. The molecule has 1 aliphatic heterocycles. The minimum atomic E-state index is -0.754. The molecule has 0 N–H and O–H groups in total. The molecule has 4 heteroatoms. The van der Waals surface area contributed by atoms with Crippen molar-refractivity contribution in [2.24, 2.45) is 0 Å². The lowest BCUT2D eigenvalue weighted by molar-refractivity contribution is -0.135. The Labute approximate surface area is 133 Å². The van der Waals surface area contributed by atoms with Crippen LogP contribution < -0.4 is 0 Å². The zero-order valence-electron chi connectivity index (χ0n) is 12.4. The van der Waals surface area contributed by atoms with Gasteiger partial charge in [-0.25, -0.2) is 4.79 Å². The van der Waals surface area contributed by atoms with Crippen LogP contribution in [0.3, 0.4) is 0 Å². The molecule has 0 fully saturated rings. The van der Waals surface area contributed by atoms with Gasteiger partial charge in [0.15, 0.2) is 0 Å². The molecule has 22 heavy (non-hydrogen) atoms. The Morgan fingerprint density at radius 1 is 1.00 bits per heavy atom. The molecular formula is C18H16O3S. The minimum absolute atomic E-state index is 0.365. The first-order chi connectivity index (χ1) is 10.7. The van der Waals surface area contributed by atoms with E-state index in [2.05, 4.69) is 0 Å². The second-order valence-electron chi connectivity index (χ2n) is 4.93. The van der Waals surface area contributed by atoms with Crippen molar-refractivity contribution in [3.63, 3.8) is 0 Å². The van der Waals surface area contributed by atoms with E-state index in [0.29, 0.717) is 10.7 Å². The van der Waals surface area contributed by atoms with Crippen LogP contribution in [0.15, 0.2) is 71.3 Å². The Balaban J connectivity index is 2.11. The number of rotatable bonds is 3. The van der Waals surface area contributed by atoms with Crippen molar-refractivity contribution in [3.05, 3.63) is 82.5 Å². The molecule has 0 aromatic heterocycles. The molecule has 1 aliphatic rings. The van der Waals surface area contributed by atoms with Crippen LogP contribution in [-0.4, -0.2) is 13.1 Å². The van der Waals surface area contributed by atoms with Crippen LogP contribution in [0.25, 0.3) is 0 Å². The Kier molecular flexibility index (Phi) is 3.94. The molecular weight excluding hydrogens is 296 g/mol. The first kappa shape index (κ1) is 14.7. The van der Waals surface area contributed by atoms with Gasteiger partial charge >= 0.3 is 5.97 Å². The average molecular weight is 312 g/mol. The smallest absolute Gasteiger partial charge is 0.347 e. The Morgan fingerprint density at radius 2 is 1.50 bits per heavy atom. The number of carbonyl (C=O) groups excluding carboxylic acids is 1. The number of ether oxygens (including phenoxy) is 2. The van der Waals surface area contributed by atoms with Crippen molar-refractivity contribution in [1.82, 2.24) is 0 Å². The zero-order valence-corrected chi connectivity index (χ0v) is 13.2. The maximum Gasteiger partial charge on any atom is 0.347 e. The normalized spacial score (nSPS) is 16.3. The number of carbonyl (C=O) groups is 1. The summed E-state index contributed by atoms with van der Waals surface area (Å²) in [5, 5.41) is 0. The van der Waals surface area contributed by atoms with E-state index < -0.39 is 4.93 Å². The summed E-state index contributed by atoms with van der Waals surface area (Å²) >= 11 is 1.39. The van der Waals surface area contributed by atoms with Gasteiger partial charge in [0.1, 0.15) is 10.7 Å². The summed E-state index contributed by atoms with van der Waals surface area (Å²) in [5.41, 5.74) is 1.98. The molecule has 0 amide bonds. The predicted octanol–water partition coefficient (Wildman–Crippen LogP) is 4.06. The van der Waals surface area contributed by atoms with Gasteiger partial charge in [-0.2, -0.15) is 0 Å². The van der Waals surface area contributed by atoms with Crippen molar-refractivity contribution < 1.29 is 14.3 Å². The molecule has 3 nitrogen and oxygen atoms in total. The fourth-order valence-electron chi connectivity index (χ4n) is 2.49. The molecule has 112 valence electrons. The molecule has 0 atom stereocenters. The summed E-state index contributed by atoms with van der Waals surface area (Å²) in [6, 6.07) is 19.8. The van der Waals surface area contributed by atoms with Gasteiger partial charge in [0, 0.05) is 11.1 Å². The second-order valence-corrected chi connectivity index (χ2v) is 6.12. The molecule has 0 unspecified atom stereocenters. The molecule has 3 rings (SSSR count). The van der Waals surface area contributed by atoms with Crippen LogP contribution in [0.5, 0.6) is 0 Å². The molecule has 2 aromatic rings. The predicted molar refractivity (Wildman–Crippen MR) is 87.1 cm³/mol. The van der Waals surface area contributed by atoms with E-state index in [1.165, 1.54) is 18.9 Å². The van der Waals surface area contributed by atoms with Crippen molar-refractivity contribution in [2.45, 2.75) is 11.9 Å². The van der Waals surface area contributed by atoms with E-state index in [4.69, 9.17) is 9.47 Å². The minimum Gasteiger partial charge on any atom is -0.471 e. The highest BCUT2D eigenvalue weighted by Crippen LogP contribution is 2.54. The third-order valence-electron chi connectivity index (χ3n) is 3.54. The monoisotopic (exact) mass is 312 g/mol. The third kappa shape index (κ3) is 2.40. The van der Waals surface area contributed by atoms with Crippen LogP contribution >= 0.6 is 11.8 Å². The van der Waals surface area contributed by atoms with Gasteiger partial charge in [-0.15, -0.1) is 0 Å². The molecule has 1 heterocycles. The highest BCUT2D eigenvalue weighted by molar-refractivity contribution is 8.05. The first-order valence-electron chi connectivity index (χ1n) is 6.95. The van der Waals surface area contributed by atoms with Crippen LogP contribution in [0, 0.1) is 0 Å². The van der Waals surface area contributed by atoms with E-state index in [1.54, 1.807) is 6.92 Å². The van der Waals surface area contributed by atoms with Crippen LogP contribution in [0.4, 0.5) is 0 Å². The lowest BCUT2D eigenvalue weighted by Crippen LogP contribution is -2.23. The van der Waals surface area contributed by atoms with E-state index in [9.17, 15) is 4.79 Å². The lowest BCUT2D eigenvalue weighted by atomic mass is 10.0. The lowest BCUT2D eigenvalue weighted by Gasteiger charge is -2.29. The van der Waals surface area contributed by atoms with Gasteiger partial charge in [0.2, 0.25) is 4.93 Å². The molecule has 0 bridgehead atoms. The van der Waals surface area contributed by atoms with Crippen molar-refractivity contribution >= 4 is 17.7 Å². The zero-order chi connectivity index (χ0) is 15.6. The summed E-state index contributed by atoms with van der Waals surface area (Å²) < 4.78 is 11.1. The fourth-order valence-corrected chi connectivity index (χ4v) is 3.81. The average Bonchev–Trinajstić information content (AvgIpc) is 2.94. The van der Waals surface area contributed by atoms with E-state index in [0.717, 1.165) is 11.1 Å². The Morgan fingerprint density at radius 3 is 1.95 bits per heavy atom. The first-order valence-corrected chi connectivity index (χ1v) is 7.77. The van der Waals surface area contributed by atoms with E-state index in [-0.39, 0.29) is 5.97 Å². The standard InChI is InChI=1S/C18H16O3S/c1-13-16(17(19)20-2)22-18(21-13,14-9-5-3-6-10-14)15-11-7-4-8-12-15/h3-12H,1-2H3. The van der Waals surface area contributed by atoms with Gasteiger partial charge in [0.05, 0.1) is 7.11 Å². The van der Waals surface area contributed by atoms with Crippen LogP contribution in [0.1, 0.15) is 18.1 Å². The molecule has 2 aromatic carbocycles. The number of hydrogen-bond donors (Lipinski definition) is 0. The number of allylic oxidation sites excluding steroid dienone is 1. The number of methoxy groups -OCH3 is 1. The quantitative estimate of drug-likeness (QED) is 0.801. The second kappa shape index (κ2) is 5.89. The van der Waals surface area contributed by atoms with Gasteiger partial charge in [-0.05, 0) is 6.92 Å². The maximum atomic E-state index is 12.0. The van der Waals surface area contributed by atoms with Crippen molar-refractivity contribution in [3.8, 4) is 0 Å². The number of benzene rings is 2. The number of esters is 1. The highest BCUT2D eigenvalue weighted by atomic mass is 32.2. The Bertz CT molecular complexity index is 668. The largest absolute Gasteiger partial charge is 0.471 e. The van der Waals surface area contributed by atoms with Crippen molar-refractivity contribution in [2.75, 3.05) is 7.11 Å². The van der Waals surface area contributed by atoms with Gasteiger partial charge < -0.3 is 9.47 Å². The number of thioether (sulfide) groups is 1. The molecule has 0 saturated heterocycles. The Hall–Kier alpha value is -2.20. The maximum absolute atomic E-state index is 12.0. The molecule has 0 radical (unpaired) electrons. The summed E-state index contributed by atoms with van der Waals surface area (Å²) in [6.07, 6.45) is 0. The molecule has 0 aliphatic carbocycles. The summed E-state index contributed by atoms with van der Waals surface area (Å²) in [7, 11) is 1.38. The molecule has 0 spiro atoms. The summed E-state index contributed by atoms with van der Waals surface area (Å²) in [5.74, 6) is 0.223. The third-order valence-corrected chi connectivity index (χ3v) is 5.04. The van der Waals surface area contributed by atoms with Gasteiger partial charge in [-0.3, -0.25) is 0 Å². The summed E-state index contributed by atoms with van der Waals surface area (Å²) in [6.45, 7) is 1.80. The topological polar surface area (TPSA) is 35.5 Å². The van der Waals surface area contributed by atoms with Gasteiger partial charge in [0.25, 0.3) is 0 Å². The van der Waals surface area contributed by atoms with Crippen LogP contribution in [0.2, 0.25) is 0 Å². The number of hydrogen-bond acceptors (Lipinski definition) is 4. The van der Waals surface area contributed by atoms with E-state index in [1.807, 2.05) is 60.7 Å². The SMILES string of the molecule is COC(=O)C1=C(C)OC(c2ccccc2)(c2ccccc2)S1. The van der Waals surface area contributed by atoms with Crippen LogP contribution in [-0.2, 0) is 19.2 Å². The van der Waals surface area contributed by atoms with Gasteiger partial charge in [-0.1, -0.05) is 72.4 Å². The van der Waals surface area contributed by atoms with Crippen molar-refractivity contribution in [1.29, 1.82) is 0 Å². The molecule has 0 saturated carbocycles. The fraction of sp³-hybridized carbons (Fsp3) is 0.167. The van der Waals surface area contributed by atoms with E-state index >= 15 is 0 Å².